The zero-order valence-corrected chi connectivity index (χ0v) is 15.4. The van der Waals surface area contributed by atoms with E-state index >= 15 is 0 Å². The number of anilines is 1. The van der Waals surface area contributed by atoms with E-state index in [1.165, 1.54) is 6.42 Å². The Labute approximate surface area is 150 Å². The first-order chi connectivity index (χ1) is 12.1. The molecule has 1 aromatic rings. The van der Waals surface area contributed by atoms with Gasteiger partial charge in [0.05, 0.1) is 12.6 Å². The van der Waals surface area contributed by atoms with Crippen molar-refractivity contribution in [3.8, 4) is 0 Å². The normalized spacial score (nSPS) is 24.2. The summed E-state index contributed by atoms with van der Waals surface area (Å²) >= 11 is 0. The number of hydrogen-bond acceptors (Lipinski definition) is 3. The minimum absolute atomic E-state index is 0.118. The molecular weight excluding hydrogens is 314 g/mol. The molecule has 2 unspecified atom stereocenters. The number of para-hydroxylation sites is 1. The second-order valence-corrected chi connectivity index (χ2v) is 7.12. The molecule has 0 saturated carbocycles. The zero-order chi connectivity index (χ0) is 17.8. The quantitative estimate of drug-likeness (QED) is 0.825. The number of benzene rings is 1. The van der Waals surface area contributed by atoms with Gasteiger partial charge < -0.3 is 9.80 Å². The number of likely N-dealkylation sites (tertiary alicyclic amines) is 1. The lowest BCUT2D eigenvalue weighted by Crippen LogP contribution is -2.50. The van der Waals surface area contributed by atoms with Crippen molar-refractivity contribution in [1.82, 2.24) is 9.80 Å². The van der Waals surface area contributed by atoms with Crippen LogP contribution >= 0.6 is 0 Å². The van der Waals surface area contributed by atoms with E-state index in [9.17, 15) is 9.59 Å². The molecule has 5 heteroatoms. The Morgan fingerprint density at radius 2 is 1.92 bits per heavy atom. The van der Waals surface area contributed by atoms with E-state index in [0.717, 1.165) is 38.0 Å². The number of amides is 2. The molecule has 5 nitrogen and oxygen atoms in total. The molecule has 136 valence electrons. The summed E-state index contributed by atoms with van der Waals surface area (Å²) in [6, 6.07) is 9.94. The second kappa shape index (κ2) is 8.00. The monoisotopic (exact) mass is 343 g/mol. The summed E-state index contributed by atoms with van der Waals surface area (Å²) in [5.41, 5.74) is 0.946. The Balaban J connectivity index is 1.65. The molecule has 2 atom stereocenters. The number of hydrogen-bond donors (Lipinski definition) is 0. The van der Waals surface area contributed by atoms with Crippen LogP contribution in [0.1, 0.15) is 39.5 Å². The van der Waals surface area contributed by atoms with Gasteiger partial charge in [-0.05, 0) is 51.3 Å². The third kappa shape index (κ3) is 3.87. The van der Waals surface area contributed by atoms with E-state index < -0.39 is 0 Å². The van der Waals surface area contributed by atoms with Gasteiger partial charge in [0.2, 0.25) is 11.8 Å². The number of carbonyl (C=O) groups excluding carboxylic acids is 2. The van der Waals surface area contributed by atoms with Gasteiger partial charge in [0.25, 0.3) is 0 Å². The standard InChI is InChI=1S/C20H29N3O2/c1-3-21(15-19(24)22-13-8-7-9-16(22)2)18-12-14-23(20(18)25)17-10-5-4-6-11-17/h4-6,10-11,16,18H,3,7-9,12-15H2,1-2H3. The molecule has 0 aliphatic carbocycles. The van der Waals surface area contributed by atoms with E-state index in [2.05, 4.69) is 11.8 Å². The molecule has 2 fully saturated rings. The second-order valence-electron chi connectivity index (χ2n) is 7.12. The van der Waals surface area contributed by atoms with Gasteiger partial charge in [-0.25, -0.2) is 0 Å². The van der Waals surface area contributed by atoms with Crippen LogP contribution in [0.2, 0.25) is 0 Å². The molecule has 2 aliphatic rings. The Kier molecular flexibility index (Phi) is 5.74. The first-order valence-corrected chi connectivity index (χ1v) is 9.51. The summed E-state index contributed by atoms with van der Waals surface area (Å²) in [6.45, 7) is 6.80. The minimum Gasteiger partial charge on any atom is -0.339 e. The molecule has 0 N–H and O–H groups in total. The van der Waals surface area contributed by atoms with Gasteiger partial charge in [-0.3, -0.25) is 14.5 Å². The van der Waals surface area contributed by atoms with Crippen molar-refractivity contribution in [3.63, 3.8) is 0 Å². The fourth-order valence-corrected chi connectivity index (χ4v) is 4.04. The van der Waals surface area contributed by atoms with Gasteiger partial charge in [-0.2, -0.15) is 0 Å². The Hall–Kier alpha value is -1.88. The summed E-state index contributed by atoms with van der Waals surface area (Å²) in [5.74, 6) is 0.285. The molecule has 1 aromatic carbocycles. The minimum atomic E-state index is -0.186. The molecule has 0 aromatic heterocycles. The highest BCUT2D eigenvalue weighted by molar-refractivity contribution is 5.99. The smallest absolute Gasteiger partial charge is 0.244 e. The average molecular weight is 343 g/mol. The van der Waals surface area contributed by atoms with Crippen molar-refractivity contribution in [3.05, 3.63) is 30.3 Å². The maximum atomic E-state index is 12.9. The molecule has 0 spiro atoms. The van der Waals surface area contributed by atoms with Gasteiger partial charge in [0.1, 0.15) is 0 Å². The highest BCUT2D eigenvalue weighted by Crippen LogP contribution is 2.24. The fraction of sp³-hybridized carbons (Fsp3) is 0.600. The summed E-state index contributed by atoms with van der Waals surface area (Å²) in [6.07, 6.45) is 4.16. The lowest BCUT2D eigenvalue weighted by atomic mass is 10.0. The van der Waals surface area contributed by atoms with Crippen LogP contribution < -0.4 is 4.90 Å². The SMILES string of the molecule is CCN(CC(=O)N1CCCCC1C)C1CCN(c2ccccc2)C1=O. The number of carbonyl (C=O) groups is 2. The third-order valence-electron chi connectivity index (χ3n) is 5.55. The topological polar surface area (TPSA) is 43.9 Å². The van der Waals surface area contributed by atoms with Crippen molar-refractivity contribution < 1.29 is 9.59 Å². The summed E-state index contributed by atoms with van der Waals surface area (Å²) in [4.78, 5) is 31.5. The number of piperidine rings is 1. The Morgan fingerprint density at radius 3 is 2.60 bits per heavy atom. The van der Waals surface area contributed by atoms with Crippen molar-refractivity contribution in [2.45, 2.75) is 51.6 Å². The molecule has 25 heavy (non-hydrogen) atoms. The molecule has 2 amide bonds. The molecular formula is C20H29N3O2. The van der Waals surface area contributed by atoms with Crippen LogP contribution in [-0.4, -0.2) is 59.9 Å². The first kappa shape index (κ1) is 17.9. The van der Waals surface area contributed by atoms with E-state index in [1.807, 2.05) is 47.1 Å². The summed E-state index contributed by atoms with van der Waals surface area (Å²) < 4.78 is 0. The van der Waals surface area contributed by atoms with Crippen LogP contribution in [0.15, 0.2) is 30.3 Å². The highest BCUT2D eigenvalue weighted by Gasteiger charge is 2.37. The van der Waals surface area contributed by atoms with Gasteiger partial charge in [0, 0.05) is 24.8 Å². The van der Waals surface area contributed by atoms with Crippen LogP contribution in [-0.2, 0) is 9.59 Å². The Bertz CT molecular complexity index is 604. The van der Waals surface area contributed by atoms with Crippen molar-refractivity contribution in [1.29, 1.82) is 0 Å². The maximum Gasteiger partial charge on any atom is 0.244 e. The maximum absolute atomic E-state index is 12.9. The first-order valence-electron chi connectivity index (χ1n) is 9.51. The molecule has 0 radical (unpaired) electrons. The van der Waals surface area contributed by atoms with Gasteiger partial charge in [-0.1, -0.05) is 25.1 Å². The van der Waals surface area contributed by atoms with Crippen LogP contribution in [0.5, 0.6) is 0 Å². The molecule has 2 aliphatic heterocycles. The summed E-state index contributed by atoms with van der Waals surface area (Å²) in [7, 11) is 0. The molecule has 3 rings (SSSR count). The predicted octanol–water partition coefficient (Wildman–Crippen LogP) is 2.51. The van der Waals surface area contributed by atoms with Crippen molar-refractivity contribution in [2.24, 2.45) is 0 Å². The lowest BCUT2D eigenvalue weighted by molar-refractivity contribution is -0.136. The number of nitrogens with zero attached hydrogens (tertiary/aromatic N) is 3. The zero-order valence-electron chi connectivity index (χ0n) is 15.4. The highest BCUT2D eigenvalue weighted by atomic mass is 16.2. The van der Waals surface area contributed by atoms with Crippen molar-refractivity contribution >= 4 is 17.5 Å². The van der Waals surface area contributed by atoms with Gasteiger partial charge in [0.15, 0.2) is 0 Å². The number of rotatable bonds is 5. The molecule has 2 saturated heterocycles. The van der Waals surface area contributed by atoms with Crippen LogP contribution in [0, 0.1) is 0 Å². The third-order valence-corrected chi connectivity index (χ3v) is 5.55. The predicted molar refractivity (Wildman–Crippen MR) is 99.5 cm³/mol. The van der Waals surface area contributed by atoms with Crippen LogP contribution in [0.4, 0.5) is 5.69 Å². The van der Waals surface area contributed by atoms with E-state index in [4.69, 9.17) is 0 Å². The largest absolute Gasteiger partial charge is 0.339 e. The Morgan fingerprint density at radius 1 is 1.16 bits per heavy atom. The van der Waals surface area contributed by atoms with E-state index in [1.54, 1.807) is 0 Å². The average Bonchev–Trinajstić information content (AvgIpc) is 3.02. The van der Waals surface area contributed by atoms with Crippen LogP contribution in [0.3, 0.4) is 0 Å². The van der Waals surface area contributed by atoms with Gasteiger partial charge in [-0.15, -0.1) is 0 Å². The van der Waals surface area contributed by atoms with E-state index in [0.29, 0.717) is 19.1 Å². The molecule has 0 bridgehead atoms. The van der Waals surface area contributed by atoms with Crippen molar-refractivity contribution in [2.75, 3.05) is 31.1 Å². The van der Waals surface area contributed by atoms with E-state index in [-0.39, 0.29) is 17.9 Å². The molecule has 2 heterocycles. The summed E-state index contributed by atoms with van der Waals surface area (Å²) in [5, 5.41) is 0. The number of likely N-dealkylation sites (N-methyl/N-ethyl adjacent to an activating group) is 1. The fourth-order valence-electron chi connectivity index (χ4n) is 4.04. The lowest BCUT2D eigenvalue weighted by Gasteiger charge is -2.36. The van der Waals surface area contributed by atoms with Gasteiger partial charge >= 0.3 is 0 Å². The van der Waals surface area contributed by atoms with Crippen LogP contribution in [0.25, 0.3) is 0 Å².